The molecule has 4 rings (SSSR count). The van der Waals surface area contributed by atoms with Crippen molar-refractivity contribution in [1.29, 1.82) is 0 Å². The van der Waals surface area contributed by atoms with E-state index in [1.54, 1.807) is 31.2 Å². The number of carbonyl (C=O) groups excluding carboxylic acids is 1. The Labute approximate surface area is 191 Å². The molecule has 1 N–H and O–H groups in total. The van der Waals surface area contributed by atoms with Crippen LogP contribution in [0.3, 0.4) is 0 Å². The van der Waals surface area contributed by atoms with Crippen LogP contribution in [-0.2, 0) is 10.0 Å². The largest absolute Gasteiger partial charge is 0.298 e. The highest BCUT2D eigenvalue weighted by atomic mass is 32.2. The van der Waals surface area contributed by atoms with E-state index in [9.17, 15) is 13.2 Å². The SMILES string of the molecule is CCN(c1ccccc1)S(=O)(=O)c1ccc(C(=O)Nc2nc3cc(C)cc(C)c3s2)cc1. The zero-order valence-electron chi connectivity index (χ0n) is 18.0. The van der Waals surface area contributed by atoms with Crippen LogP contribution in [0.1, 0.15) is 28.4 Å². The maximum Gasteiger partial charge on any atom is 0.264 e. The molecule has 0 radical (unpaired) electrons. The van der Waals surface area contributed by atoms with Crippen LogP contribution in [0.4, 0.5) is 10.8 Å². The number of hydrogen-bond acceptors (Lipinski definition) is 5. The average molecular weight is 466 g/mol. The molecule has 0 aliphatic carbocycles. The smallest absolute Gasteiger partial charge is 0.264 e. The molecule has 4 aromatic rings. The van der Waals surface area contributed by atoms with Gasteiger partial charge >= 0.3 is 0 Å². The molecule has 1 heterocycles. The Hall–Kier alpha value is -3.23. The first-order chi connectivity index (χ1) is 15.3. The lowest BCUT2D eigenvalue weighted by Crippen LogP contribution is -2.30. The fraction of sp³-hybridized carbons (Fsp3) is 0.167. The number of sulfonamides is 1. The second kappa shape index (κ2) is 8.72. The molecule has 0 aliphatic rings. The van der Waals surface area contributed by atoms with E-state index in [1.165, 1.54) is 39.9 Å². The molecular formula is C24H23N3O3S2. The van der Waals surface area contributed by atoms with Gasteiger partial charge in [0.15, 0.2) is 5.13 Å². The van der Waals surface area contributed by atoms with Gasteiger partial charge in [-0.05, 0) is 74.4 Å². The van der Waals surface area contributed by atoms with E-state index in [1.807, 2.05) is 26.0 Å². The summed E-state index contributed by atoms with van der Waals surface area (Å²) in [7, 11) is -3.74. The molecule has 0 spiro atoms. The van der Waals surface area contributed by atoms with Gasteiger partial charge in [-0.2, -0.15) is 0 Å². The third kappa shape index (κ3) is 4.24. The number of nitrogens with one attached hydrogen (secondary N) is 1. The molecule has 0 saturated carbocycles. The van der Waals surface area contributed by atoms with Crippen LogP contribution in [0.2, 0.25) is 0 Å². The Morgan fingerprint density at radius 3 is 2.38 bits per heavy atom. The first kappa shape index (κ1) is 22.0. The zero-order chi connectivity index (χ0) is 22.9. The number of para-hydroxylation sites is 1. The summed E-state index contributed by atoms with van der Waals surface area (Å²) >= 11 is 1.42. The molecule has 1 amide bonds. The monoisotopic (exact) mass is 465 g/mol. The van der Waals surface area contributed by atoms with E-state index in [4.69, 9.17) is 0 Å². The van der Waals surface area contributed by atoms with Crippen LogP contribution in [0.5, 0.6) is 0 Å². The minimum Gasteiger partial charge on any atom is -0.298 e. The lowest BCUT2D eigenvalue weighted by atomic mass is 10.1. The number of nitrogens with zero attached hydrogens (tertiary/aromatic N) is 2. The van der Waals surface area contributed by atoms with Crippen LogP contribution in [-0.4, -0.2) is 25.9 Å². The summed E-state index contributed by atoms with van der Waals surface area (Å²) in [5.41, 5.74) is 4.04. The van der Waals surface area contributed by atoms with Gasteiger partial charge in [0, 0.05) is 12.1 Å². The fourth-order valence-corrected chi connectivity index (χ4v) is 5.97. The van der Waals surface area contributed by atoms with Gasteiger partial charge < -0.3 is 0 Å². The Morgan fingerprint density at radius 2 is 1.72 bits per heavy atom. The second-order valence-electron chi connectivity index (χ2n) is 7.43. The van der Waals surface area contributed by atoms with Crippen molar-refractivity contribution in [3.63, 3.8) is 0 Å². The highest BCUT2D eigenvalue weighted by molar-refractivity contribution is 7.92. The number of amides is 1. The number of aromatic nitrogens is 1. The van der Waals surface area contributed by atoms with E-state index < -0.39 is 10.0 Å². The molecule has 0 atom stereocenters. The summed E-state index contributed by atoms with van der Waals surface area (Å²) < 4.78 is 28.6. The fourth-order valence-electron chi connectivity index (χ4n) is 3.59. The molecular weight excluding hydrogens is 442 g/mol. The number of fused-ring (bicyclic) bond motifs is 1. The molecule has 0 fully saturated rings. The number of anilines is 2. The number of aryl methyl sites for hydroxylation is 2. The first-order valence-corrected chi connectivity index (χ1v) is 12.4. The summed E-state index contributed by atoms with van der Waals surface area (Å²) in [5, 5.41) is 3.33. The quantitative estimate of drug-likeness (QED) is 0.415. The minimum absolute atomic E-state index is 0.130. The Kier molecular flexibility index (Phi) is 5.99. The van der Waals surface area contributed by atoms with E-state index >= 15 is 0 Å². The van der Waals surface area contributed by atoms with Crippen LogP contribution in [0.15, 0.2) is 71.6 Å². The summed E-state index contributed by atoms with van der Waals surface area (Å²) in [5.74, 6) is -0.335. The number of hydrogen-bond donors (Lipinski definition) is 1. The van der Waals surface area contributed by atoms with E-state index in [-0.39, 0.29) is 10.8 Å². The predicted octanol–water partition coefficient (Wildman–Crippen LogP) is 5.38. The van der Waals surface area contributed by atoms with Gasteiger partial charge in [0.05, 0.1) is 20.8 Å². The van der Waals surface area contributed by atoms with Crippen molar-refractivity contribution in [1.82, 2.24) is 4.98 Å². The van der Waals surface area contributed by atoms with Crippen LogP contribution in [0, 0.1) is 13.8 Å². The molecule has 0 saturated heterocycles. The Bertz CT molecular complexity index is 1380. The van der Waals surface area contributed by atoms with E-state index in [0.717, 1.165) is 21.3 Å². The summed E-state index contributed by atoms with van der Waals surface area (Å²) in [6, 6.07) is 19.0. The van der Waals surface area contributed by atoms with Crippen LogP contribution >= 0.6 is 11.3 Å². The van der Waals surface area contributed by atoms with Crippen molar-refractivity contribution in [2.75, 3.05) is 16.2 Å². The normalized spacial score (nSPS) is 11.5. The standard InChI is InChI=1S/C24H23N3O3S2/c1-4-27(19-8-6-5-7-9-19)32(29,30)20-12-10-18(11-13-20)23(28)26-24-25-21-15-16(2)14-17(3)22(21)31-24/h5-15H,4H2,1-3H3,(H,25,26,28). The zero-order valence-corrected chi connectivity index (χ0v) is 19.6. The van der Waals surface area contributed by atoms with Gasteiger partial charge in [0.2, 0.25) is 0 Å². The molecule has 8 heteroatoms. The maximum atomic E-state index is 13.1. The van der Waals surface area contributed by atoms with Gasteiger partial charge in [0.1, 0.15) is 0 Å². The van der Waals surface area contributed by atoms with E-state index in [2.05, 4.69) is 16.4 Å². The van der Waals surface area contributed by atoms with Gasteiger partial charge in [-0.1, -0.05) is 35.6 Å². The van der Waals surface area contributed by atoms with Gasteiger partial charge in [-0.3, -0.25) is 14.4 Å². The molecule has 3 aromatic carbocycles. The number of rotatable bonds is 6. The number of benzene rings is 3. The molecule has 32 heavy (non-hydrogen) atoms. The van der Waals surface area contributed by atoms with Crippen molar-refractivity contribution in [3.05, 3.63) is 83.4 Å². The van der Waals surface area contributed by atoms with Crippen molar-refractivity contribution in [2.45, 2.75) is 25.7 Å². The van der Waals surface area contributed by atoms with Crippen LogP contribution in [0.25, 0.3) is 10.2 Å². The van der Waals surface area contributed by atoms with Crippen LogP contribution < -0.4 is 9.62 Å². The Balaban J connectivity index is 1.55. The van der Waals surface area contributed by atoms with Crippen molar-refractivity contribution < 1.29 is 13.2 Å². The molecule has 1 aromatic heterocycles. The third-order valence-corrected chi connectivity index (χ3v) is 8.12. The minimum atomic E-state index is -3.74. The number of carbonyl (C=O) groups is 1. The molecule has 0 unspecified atom stereocenters. The molecule has 164 valence electrons. The molecule has 6 nitrogen and oxygen atoms in total. The van der Waals surface area contributed by atoms with Crippen molar-refractivity contribution in [3.8, 4) is 0 Å². The third-order valence-electron chi connectivity index (χ3n) is 5.08. The summed E-state index contributed by atoms with van der Waals surface area (Å²) in [4.78, 5) is 17.3. The summed E-state index contributed by atoms with van der Waals surface area (Å²) in [6.07, 6.45) is 0. The number of thiazole rings is 1. The van der Waals surface area contributed by atoms with Gasteiger partial charge in [0.25, 0.3) is 15.9 Å². The van der Waals surface area contributed by atoms with Crippen molar-refractivity contribution in [2.24, 2.45) is 0 Å². The van der Waals surface area contributed by atoms with Crippen molar-refractivity contribution >= 4 is 48.3 Å². The van der Waals surface area contributed by atoms with Gasteiger partial charge in [-0.15, -0.1) is 0 Å². The lowest BCUT2D eigenvalue weighted by molar-refractivity contribution is 0.102. The highest BCUT2D eigenvalue weighted by Gasteiger charge is 2.23. The topological polar surface area (TPSA) is 79.4 Å². The predicted molar refractivity (Wildman–Crippen MR) is 130 cm³/mol. The average Bonchev–Trinajstić information content (AvgIpc) is 3.17. The first-order valence-electron chi connectivity index (χ1n) is 10.2. The Morgan fingerprint density at radius 1 is 1.03 bits per heavy atom. The highest BCUT2D eigenvalue weighted by Crippen LogP contribution is 2.30. The summed E-state index contributed by atoms with van der Waals surface area (Å²) in [6.45, 7) is 6.11. The molecule has 0 aliphatic heterocycles. The second-order valence-corrected chi connectivity index (χ2v) is 10.3. The van der Waals surface area contributed by atoms with Gasteiger partial charge in [-0.25, -0.2) is 13.4 Å². The lowest BCUT2D eigenvalue weighted by Gasteiger charge is -2.22. The maximum absolute atomic E-state index is 13.1. The molecule has 0 bridgehead atoms. The van der Waals surface area contributed by atoms with E-state index in [0.29, 0.717) is 22.9 Å².